The maximum atomic E-state index is 12.8. The molecule has 30 heavy (non-hydrogen) atoms. The molecular formula is C21H27N3O5S. The van der Waals surface area contributed by atoms with E-state index in [1.54, 1.807) is 25.4 Å². The average Bonchev–Trinajstić information content (AvgIpc) is 2.75. The van der Waals surface area contributed by atoms with Gasteiger partial charge in [-0.05, 0) is 55.2 Å². The average molecular weight is 434 g/mol. The highest BCUT2D eigenvalue weighted by atomic mass is 32.2. The number of aromatic nitrogens is 1. The highest BCUT2D eigenvalue weighted by molar-refractivity contribution is 7.89. The molecule has 1 N–H and O–H groups in total. The van der Waals surface area contributed by atoms with Gasteiger partial charge in [-0.2, -0.15) is 4.31 Å². The van der Waals surface area contributed by atoms with Crippen LogP contribution in [0.2, 0.25) is 0 Å². The Hall–Kier alpha value is -2.49. The number of carbonyl (C=O) groups excluding carboxylic acids is 1. The number of piperidine rings is 1. The van der Waals surface area contributed by atoms with E-state index in [0.29, 0.717) is 49.4 Å². The van der Waals surface area contributed by atoms with Crippen LogP contribution in [0.25, 0.3) is 0 Å². The van der Waals surface area contributed by atoms with Gasteiger partial charge in [0.25, 0.3) is 5.91 Å². The van der Waals surface area contributed by atoms with Gasteiger partial charge in [-0.1, -0.05) is 6.92 Å². The summed E-state index contributed by atoms with van der Waals surface area (Å²) in [5.74, 6) is 0.454. The Kier molecular flexibility index (Phi) is 7.41. The number of benzene rings is 1. The van der Waals surface area contributed by atoms with Gasteiger partial charge in [-0.25, -0.2) is 13.4 Å². The molecule has 9 heteroatoms. The second kappa shape index (κ2) is 10.0. The first-order valence-electron chi connectivity index (χ1n) is 9.90. The molecule has 3 rings (SSSR count). The van der Waals surface area contributed by atoms with Crippen molar-refractivity contribution in [1.29, 1.82) is 0 Å². The predicted octanol–water partition coefficient (Wildman–Crippen LogP) is 2.78. The SMILES string of the molecule is COCCOc1ncccc1NC(=O)c1ccc(S(=O)(=O)N2CCC(C)CC2)cc1. The molecule has 0 aliphatic carbocycles. The summed E-state index contributed by atoms with van der Waals surface area (Å²) in [6, 6.07) is 9.34. The summed E-state index contributed by atoms with van der Waals surface area (Å²) >= 11 is 0. The fourth-order valence-corrected chi connectivity index (χ4v) is 4.64. The number of carbonyl (C=O) groups is 1. The Morgan fingerprint density at radius 1 is 1.17 bits per heavy atom. The molecule has 1 aromatic heterocycles. The molecule has 0 unspecified atom stereocenters. The standard InChI is InChI=1S/C21H27N3O5S/c1-16-9-12-24(13-10-16)30(26,27)18-7-5-17(6-8-18)20(25)23-19-4-3-11-22-21(19)29-15-14-28-2/h3-8,11,16H,9-10,12-15H2,1-2H3,(H,23,25). The van der Waals surface area contributed by atoms with Gasteiger partial charge in [-0.3, -0.25) is 4.79 Å². The number of amides is 1. The second-order valence-electron chi connectivity index (χ2n) is 7.26. The van der Waals surface area contributed by atoms with Crippen molar-refractivity contribution in [3.05, 3.63) is 48.2 Å². The smallest absolute Gasteiger partial charge is 0.255 e. The normalized spacial score (nSPS) is 15.7. The second-order valence-corrected chi connectivity index (χ2v) is 9.20. The lowest BCUT2D eigenvalue weighted by Gasteiger charge is -2.29. The number of sulfonamides is 1. The van der Waals surface area contributed by atoms with Gasteiger partial charge in [0.2, 0.25) is 15.9 Å². The van der Waals surface area contributed by atoms with Gasteiger partial charge in [0.1, 0.15) is 12.3 Å². The van der Waals surface area contributed by atoms with Crippen molar-refractivity contribution in [2.75, 3.05) is 38.7 Å². The van der Waals surface area contributed by atoms with E-state index in [1.165, 1.54) is 28.6 Å². The molecule has 162 valence electrons. The van der Waals surface area contributed by atoms with Crippen LogP contribution in [0.15, 0.2) is 47.5 Å². The lowest BCUT2D eigenvalue weighted by molar-refractivity contribution is 0.102. The first-order chi connectivity index (χ1) is 14.4. The minimum absolute atomic E-state index is 0.193. The third-order valence-corrected chi connectivity index (χ3v) is 6.96. The van der Waals surface area contributed by atoms with Crippen molar-refractivity contribution in [2.24, 2.45) is 5.92 Å². The minimum Gasteiger partial charge on any atom is -0.474 e. The molecular weight excluding hydrogens is 406 g/mol. The van der Waals surface area contributed by atoms with Gasteiger partial charge >= 0.3 is 0 Å². The number of methoxy groups -OCH3 is 1. The Morgan fingerprint density at radius 3 is 2.53 bits per heavy atom. The predicted molar refractivity (Wildman–Crippen MR) is 113 cm³/mol. The highest BCUT2D eigenvalue weighted by Crippen LogP contribution is 2.25. The van der Waals surface area contributed by atoms with Crippen LogP contribution >= 0.6 is 0 Å². The Balaban J connectivity index is 1.69. The topological polar surface area (TPSA) is 97.8 Å². The van der Waals surface area contributed by atoms with E-state index in [9.17, 15) is 13.2 Å². The minimum atomic E-state index is -3.55. The van der Waals surface area contributed by atoms with Crippen LogP contribution in [0.5, 0.6) is 5.88 Å². The summed E-state index contributed by atoms with van der Waals surface area (Å²) in [5.41, 5.74) is 0.769. The maximum Gasteiger partial charge on any atom is 0.255 e. The fraction of sp³-hybridized carbons (Fsp3) is 0.429. The number of pyridine rings is 1. The zero-order chi connectivity index (χ0) is 21.6. The Labute approximate surface area is 177 Å². The summed E-state index contributed by atoms with van der Waals surface area (Å²) in [6.45, 7) is 3.89. The lowest BCUT2D eigenvalue weighted by atomic mass is 10.0. The molecule has 1 aliphatic rings. The lowest BCUT2D eigenvalue weighted by Crippen LogP contribution is -2.37. The van der Waals surface area contributed by atoms with Crippen molar-refractivity contribution in [3.8, 4) is 5.88 Å². The summed E-state index contributed by atoms with van der Waals surface area (Å²) in [5, 5.41) is 2.75. The van der Waals surface area contributed by atoms with E-state index >= 15 is 0 Å². The molecule has 1 aromatic carbocycles. The third kappa shape index (κ3) is 5.35. The Morgan fingerprint density at radius 2 is 1.87 bits per heavy atom. The first-order valence-corrected chi connectivity index (χ1v) is 11.3. The number of rotatable bonds is 8. The van der Waals surface area contributed by atoms with E-state index in [2.05, 4.69) is 17.2 Å². The number of hydrogen-bond donors (Lipinski definition) is 1. The van der Waals surface area contributed by atoms with Crippen LogP contribution in [-0.4, -0.2) is 57.0 Å². The van der Waals surface area contributed by atoms with Gasteiger partial charge in [0.15, 0.2) is 0 Å². The molecule has 1 fully saturated rings. The van der Waals surface area contributed by atoms with Crippen LogP contribution in [0.3, 0.4) is 0 Å². The molecule has 1 aliphatic heterocycles. The maximum absolute atomic E-state index is 12.8. The van der Waals surface area contributed by atoms with E-state index in [1.807, 2.05) is 0 Å². The van der Waals surface area contributed by atoms with Gasteiger partial charge < -0.3 is 14.8 Å². The number of nitrogens with one attached hydrogen (secondary N) is 1. The van der Waals surface area contributed by atoms with Crippen molar-refractivity contribution in [1.82, 2.24) is 9.29 Å². The zero-order valence-electron chi connectivity index (χ0n) is 17.2. The molecule has 0 bridgehead atoms. The number of hydrogen-bond acceptors (Lipinski definition) is 6. The van der Waals surface area contributed by atoms with Crippen molar-refractivity contribution < 1.29 is 22.7 Å². The molecule has 2 heterocycles. The third-order valence-electron chi connectivity index (χ3n) is 5.04. The molecule has 1 saturated heterocycles. The summed E-state index contributed by atoms with van der Waals surface area (Å²) in [4.78, 5) is 16.9. The summed E-state index contributed by atoms with van der Waals surface area (Å²) in [7, 11) is -1.98. The largest absolute Gasteiger partial charge is 0.474 e. The van der Waals surface area contributed by atoms with Crippen LogP contribution in [-0.2, 0) is 14.8 Å². The van der Waals surface area contributed by atoms with Crippen LogP contribution in [0, 0.1) is 5.92 Å². The molecule has 0 saturated carbocycles. The summed E-state index contributed by atoms with van der Waals surface area (Å²) in [6.07, 6.45) is 3.29. The quantitative estimate of drug-likeness (QED) is 0.643. The fourth-order valence-electron chi connectivity index (χ4n) is 3.17. The first kappa shape index (κ1) is 22.2. The van der Waals surface area contributed by atoms with Crippen molar-refractivity contribution in [2.45, 2.75) is 24.7 Å². The van der Waals surface area contributed by atoms with Crippen molar-refractivity contribution in [3.63, 3.8) is 0 Å². The molecule has 2 aromatic rings. The number of ether oxygens (including phenoxy) is 2. The summed E-state index contributed by atoms with van der Waals surface area (Å²) < 4.78 is 37.6. The van der Waals surface area contributed by atoms with Gasteiger partial charge in [0.05, 0.1) is 11.5 Å². The van der Waals surface area contributed by atoms with Crippen LogP contribution in [0.1, 0.15) is 30.1 Å². The molecule has 1 amide bonds. The van der Waals surface area contributed by atoms with Crippen LogP contribution in [0.4, 0.5) is 5.69 Å². The van der Waals surface area contributed by atoms with Crippen molar-refractivity contribution >= 4 is 21.6 Å². The van der Waals surface area contributed by atoms with E-state index in [0.717, 1.165) is 12.8 Å². The number of nitrogens with zero attached hydrogens (tertiary/aromatic N) is 2. The highest BCUT2D eigenvalue weighted by Gasteiger charge is 2.28. The van der Waals surface area contributed by atoms with E-state index in [4.69, 9.17) is 9.47 Å². The molecule has 0 spiro atoms. The van der Waals surface area contributed by atoms with Crippen LogP contribution < -0.4 is 10.1 Å². The van der Waals surface area contributed by atoms with Gasteiger partial charge in [0, 0.05) is 32.0 Å². The monoisotopic (exact) mass is 433 g/mol. The molecule has 0 radical (unpaired) electrons. The van der Waals surface area contributed by atoms with E-state index < -0.39 is 10.0 Å². The zero-order valence-corrected chi connectivity index (χ0v) is 18.0. The Bertz CT molecular complexity index is 955. The van der Waals surface area contributed by atoms with Gasteiger partial charge in [-0.15, -0.1) is 0 Å². The number of anilines is 1. The molecule has 0 atom stereocenters. The molecule has 8 nitrogen and oxygen atoms in total. The van der Waals surface area contributed by atoms with E-state index in [-0.39, 0.29) is 10.8 Å².